The molecule has 2 aromatic rings. The van der Waals surface area contributed by atoms with E-state index in [9.17, 15) is 0 Å². The Bertz CT molecular complexity index is 393. The molecule has 88 valence electrons. The van der Waals surface area contributed by atoms with E-state index < -0.39 is 0 Å². The number of hydrogen-bond donors (Lipinski definition) is 0. The third kappa shape index (κ3) is 4.92. The van der Waals surface area contributed by atoms with Crippen LogP contribution in [0.3, 0.4) is 0 Å². The maximum Gasteiger partial charge on any atom is 0.0346 e. The van der Waals surface area contributed by atoms with Gasteiger partial charge in [-0.2, -0.15) is 0 Å². The Balaban J connectivity index is 0.000000394. The Morgan fingerprint density at radius 3 is 2.25 bits per heavy atom. The van der Waals surface area contributed by atoms with Crippen LogP contribution < -0.4 is 0 Å². The fraction of sp³-hybridized carbons (Fsp3) is 0.400. The molecule has 0 N–H and O–H groups in total. The summed E-state index contributed by atoms with van der Waals surface area (Å²) in [4.78, 5) is 4.04. The smallest absolute Gasteiger partial charge is 0.0346 e. The fourth-order valence-corrected chi connectivity index (χ4v) is 1.20. The van der Waals surface area contributed by atoms with Crippen molar-refractivity contribution < 1.29 is 0 Å². The average Bonchev–Trinajstić information content (AvgIpc) is 2.32. The number of fused-ring (bicyclic) bond motifs is 1. The molecule has 0 fully saturated rings. The molecule has 1 heterocycles. The van der Waals surface area contributed by atoms with E-state index in [-0.39, 0.29) is 0 Å². The first-order valence-electron chi connectivity index (χ1n) is 6.08. The molecule has 0 aliphatic carbocycles. The minimum Gasteiger partial charge on any atom is -0.264 e. The van der Waals surface area contributed by atoms with Gasteiger partial charge in [-0.1, -0.05) is 57.9 Å². The molecular formula is C15H23N. The second-order valence-electron chi connectivity index (χ2n) is 3.43. The summed E-state index contributed by atoms with van der Waals surface area (Å²) < 4.78 is 0. The average molecular weight is 217 g/mol. The van der Waals surface area contributed by atoms with Crippen LogP contribution in [0, 0.1) is 6.92 Å². The van der Waals surface area contributed by atoms with Gasteiger partial charge in [0.05, 0.1) is 0 Å². The Kier molecular flexibility index (Phi) is 8.14. The summed E-state index contributed by atoms with van der Waals surface area (Å²) in [6.45, 7) is 10.3. The molecule has 1 aromatic heterocycles. The lowest BCUT2D eigenvalue weighted by Crippen LogP contribution is -1.75. The highest BCUT2D eigenvalue weighted by atomic mass is 14.6. The van der Waals surface area contributed by atoms with Crippen LogP contribution in [0.25, 0.3) is 10.8 Å². The number of aryl methyl sites for hydroxylation is 1. The number of nitrogens with zero attached hydrogens (tertiary/aromatic N) is 1. The maximum absolute atomic E-state index is 4.04. The van der Waals surface area contributed by atoms with Crippen molar-refractivity contribution in [2.24, 2.45) is 0 Å². The standard InChI is InChI=1S/C10H9N.C3H8.C2H6/c1-8-2-3-10-7-11-5-4-9(10)6-8;1-3-2;1-2/h2-7H,1H3;3H2,1-2H3;1-2H3. The lowest BCUT2D eigenvalue weighted by molar-refractivity contribution is 1.09. The number of rotatable bonds is 0. The summed E-state index contributed by atoms with van der Waals surface area (Å²) in [6, 6.07) is 8.39. The summed E-state index contributed by atoms with van der Waals surface area (Å²) in [5, 5.41) is 2.47. The fourth-order valence-electron chi connectivity index (χ4n) is 1.20. The first kappa shape index (κ1) is 14.6. The quantitative estimate of drug-likeness (QED) is 0.606. The summed E-state index contributed by atoms with van der Waals surface area (Å²) in [5.41, 5.74) is 1.30. The van der Waals surface area contributed by atoms with Crippen LogP contribution in [-0.2, 0) is 0 Å². The topological polar surface area (TPSA) is 12.9 Å². The first-order chi connectivity index (χ1) is 7.77. The Hall–Kier alpha value is -1.37. The predicted octanol–water partition coefficient (Wildman–Crippen LogP) is 4.99. The lowest BCUT2D eigenvalue weighted by atomic mass is 10.1. The summed E-state index contributed by atoms with van der Waals surface area (Å²) in [6.07, 6.45) is 4.95. The van der Waals surface area contributed by atoms with E-state index in [4.69, 9.17) is 0 Å². The number of benzene rings is 1. The van der Waals surface area contributed by atoms with Crippen molar-refractivity contribution in [2.75, 3.05) is 0 Å². The zero-order valence-corrected chi connectivity index (χ0v) is 11.1. The molecule has 0 saturated heterocycles. The van der Waals surface area contributed by atoms with Crippen LogP contribution in [0.1, 0.15) is 39.7 Å². The van der Waals surface area contributed by atoms with Crippen LogP contribution in [-0.4, -0.2) is 4.98 Å². The summed E-state index contributed by atoms with van der Waals surface area (Å²) in [5.74, 6) is 0. The summed E-state index contributed by atoms with van der Waals surface area (Å²) >= 11 is 0. The molecule has 0 unspecified atom stereocenters. The van der Waals surface area contributed by atoms with E-state index in [1.165, 1.54) is 22.8 Å². The van der Waals surface area contributed by atoms with Crippen LogP contribution in [0.4, 0.5) is 0 Å². The van der Waals surface area contributed by atoms with Gasteiger partial charge in [0.15, 0.2) is 0 Å². The van der Waals surface area contributed by atoms with Crippen molar-refractivity contribution in [2.45, 2.75) is 41.0 Å². The Morgan fingerprint density at radius 1 is 1.00 bits per heavy atom. The van der Waals surface area contributed by atoms with Crippen molar-refractivity contribution in [3.8, 4) is 0 Å². The van der Waals surface area contributed by atoms with E-state index in [0.717, 1.165) is 0 Å². The third-order valence-electron chi connectivity index (χ3n) is 1.80. The number of pyridine rings is 1. The molecule has 2 rings (SSSR count). The minimum absolute atomic E-state index is 1.21. The lowest BCUT2D eigenvalue weighted by Gasteiger charge is -1.96. The number of aromatic nitrogens is 1. The Labute approximate surface area is 99.5 Å². The molecule has 1 nitrogen and oxygen atoms in total. The van der Waals surface area contributed by atoms with Gasteiger partial charge in [-0.3, -0.25) is 4.98 Å². The minimum atomic E-state index is 1.21. The molecule has 0 spiro atoms. The highest BCUT2D eigenvalue weighted by molar-refractivity contribution is 5.81. The van der Waals surface area contributed by atoms with Gasteiger partial charge in [0.1, 0.15) is 0 Å². The van der Waals surface area contributed by atoms with E-state index >= 15 is 0 Å². The molecule has 1 heteroatoms. The zero-order chi connectivity index (χ0) is 12.4. The van der Waals surface area contributed by atoms with Crippen LogP contribution >= 0.6 is 0 Å². The summed E-state index contributed by atoms with van der Waals surface area (Å²) in [7, 11) is 0. The van der Waals surface area contributed by atoms with Gasteiger partial charge in [-0.05, 0) is 18.4 Å². The highest BCUT2D eigenvalue weighted by Gasteiger charge is 1.90. The molecule has 0 aliphatic heterocycles. The Morgan fingerprint density at radius 2 is 1.62 bits per heavy atom. The van der Waals surface area contributed by atoms with Gasteiger partial charge >= 0.3 is 0 Å². The predicted molar refractivity (Wildman–Crippen MR) is 73.8 cm³/mol. The number of hydrogen-bond acceptors (Lipinski definition) is 1. The van der Waals surface area contributed by atoms with E-state index in [2.05, 4.69) is 44.0 Å². The SMILES string of the molecule is CC.CCC.Cc1ccc2cnccc2c1. The van der Waals surface area contributed by atoms with Gasteiger partial charge in [-0.25, -0.2) is 0 Å². The molecule has 0 amide bonds. The van der Waals surface area contributed by atoms with Crippen LogP contribution in [0.2, 0.25) is 0 Å². The van der Waals surface area contributed by atoms with Crippen molar-refractivity contribution in [1.29, 1.82) is 0 Å². The molecular weight excluding hydrogens is 194 g/mol. The van der Waals surface area contributed by atoms with Gasteiger partial charge in [0.2, 0.25) is 0 Å². The molecule has 16 heavy (non-hydrogen) atoms. The van der Waals surface area contributed by atoms with Gasteiger partial charge in [0.25, 0.3) is 0 Å². The second kappa shape index (κ2) is 8.90. The largest absolute Gasteiger partial charge is 0.264 e. The molecule has 0 atom stereocenters. The maximum atomic E-state index is 4.04. The van der Waals surface area contributed by atoms with Crippen molar-refractivity contribution in [3.63, 3.8) is 0 Å². The van der Waals surface area contributed by atoms with Crippen LogP contribution in [0.5, 0.6) is 0 Å². The molecule has 0 saturated carbocycles. The van der Waals surface area contributed by atoms with Crippen molar-refractivity contribution in [1.82, 2.24) is 4.98 Å². The van der Waals surface area contributed by atoms with E-state index in [1.54, 1.807) is 0 Å². The van der Waals surface area contributed by atoms with E-state index in [1.807, 2.05) is 32.3 Å². The molecule has 0 bridgehead atoms. The van der Waals surface area contributed by atoms with Gasteiger partial charge in [0, 0.05) is 17.8 Å². The van der Waals surface area contributed by atoms with E-state index in [0.29, 0.717) is 0 Å². The van der Waals surface area contributed by atoms with Crippen LogP contribution in [0.15, 0.2) is 36.7 Å². The first-order valence-corrected chi connectivity index (χ1v) is 6.08. The highest BCUT2D eigenvalue weighted by Crippen LogP contribution is 2.12. The molecule has 1 aromatic carbocycles. The normalized spacial score (nSPS) is 8.56. The monoisotopic (exact) mass is 217 g/mol. The zero-order valence-electron chi connectivity index (χ0n) is 11.1. The third-order valence-corrected chi connectivity index (χ3v) is 1.80. The molecule has 0 aliphatic rings. The molecule has 0 radical (unpaired) electrons. The van der Waals surface area contributed by atoms with Crippen molar-refractivity contribution >= 4 is 10.8 Å². The van der Waals surface area contributed by atoms with Gasteiger partial charge < -0.3 is 0 Å². The van der Waals surface area contributed by atoms with Gasteiger partial charge in [-0.15, -0.1) is 0 Å². The van der Waals surface area contributed by atoms with Crippen molar-refractivity contribution in [3.05, 3.63) is 42.2 Å². The second-order valence-corrected chi connectivity index (χ2v) is 3.43.